The second kappa shape index (κ2) is 7.46. The molecule has 1 fully saturated rings. The summed E-state index contributed by atoms with van der Waals surface area (Å²) in [6.45, 7) is 6.77. The van der Waals surface area contributed by atoms with E-state index in [0.717, 1.165) is 28.7 Å². The molecule has 2 rings (SSSR count). The second-order valence-corrected chi connectivity index (χ2v) is 7.25. The van der Waals surface area contributed by atoms with E-state index < -0.39 is 0 Å². The van der Waals surface area contributed by atoms with Crippen molar-refractivity contribution >= 4 is 21.6 Å². The minimum atomic E-state index is 0.750. The molecule has 20 heavy (non-hydrogen) atoms. The molecule has 0 aromatic heterocycles. The third-order valence-corrected chi connectivity index (χ3v) is 5.09. The molecule has 0 unspecified atom stereocenters. The van der Waals surface area contributed by atoms with Gasteiger partial charge in [-0.15, -0.1) is 0 Å². The Balaban J connectivity index is 2.09. The Kier molecular flexibility index (Phi) is 5.91. The van der Waals surface area contributed by atoms with Crippen molar-refractivity contribution in [1.29, 1.82) is 0 Å². The quantitative estimate of drug-likeness (QED) is 0.753. The van der Waals surface area contributed by atoms with Gasteiger partial charge in [-0.2, -0.15) is 0 Å². The van der Waals surface area contributed by atoms with Crippen LogP contribution in [0.3, 0.4) is 0 Å². The number of nitrogen functional groups attached to an aromatic ring is 1. The van der Waals surface area contributed by atoms with E-state index in [1.54, 1.807) is 0 Å². The van der Waals surface area contributed by atoms with Crippen LogP contribution in [0.15, 0.2) is 22.7 Å². The van der Waals surface area contributed by atoms with E-state index in [-0.39, 0.29) is 0 Å². The monoisotopic (exact) mass is 338 g/mol. The van der Waals surface area contributed by atoms with Crippen LogP contribution in [-0.4, -0.2) is 17.5 Å². The third-order valence-electron chi connectivity index (χ3n) is 4.35. The Labute approximate surface area is 131 Å². The van der Waals surface area contributed by atoms with Gasteiger partial charge >= 0.3 is 0 Å². The molecule has 112 valence electrons. The summed E-state index contributed by atoms with van der Waals surface area (Å²) in [5.41, 5.74) is 8.33. The average Bonchev–Trinajstić information content (AvgIpc) is 2.91. The predicted octanol–water partition coefficient (Wildman–Crippen LogP) is 4.82. The Morgan fingerprint density at radius 3 is 2.60 bits per heavy atom. The molecule has 1 aliphatic rings. The van der Waals surface area contributed by atoms with Gasteiger partial charge < -0.3 is 5.73 Å². The van der Waals surface area contributed by atoms with Gasteiger partial charge in [0.25, 0.3) is 0 Å². The molecule has 2 nitrogen and oxygen atoms in total. The van der Waals surface area contributed by atoms with Gasteiger partial charge in [-0.1, -0.05) is 48.7 Å². The highest BCUT2D eigenvalue weighted by Gasteiger charge is 2.23. The fourth-order valence-corrected chi connectivity index (χ4v) is 3.54. The van der Waals surface area contributed by atoms with E-state index in [1.165, 1.54) is 44.2 Å². The molecule has 0 spiro atoms. The van der Waals surface area contributed by atoms with E-state index in [0.29, 0.717) is 0 Å². The fraction of sp³-hybridized carbons (Fsp3) is 0.647. The van der Waals surface area contributed by atoms with Crippen molar-refractivity contribution in [1.82, 2.24) is 4.90 Å². The van der Waals surface area contributed by atoms with Crippen LogP contribution in [0.2, 0.25) is 0 Å². The topological polar surface area (TPSA) is 29.3 Å². The number of halogens is 1. The number of anilines is 1. The van der Waals surface area contributed by atoms with Gasteiger partial charge in [-0.3, -0.25) is 4.90 Å². The van der Waals surface area contributed by atoms with Crippen molar-refractivity contribution in [2.75, 3.05) is 12.3 Å². The van der Waals surface area contributed by atoms with Crippen molar-refractivity contribution in [3.63, 3.8) is 0 Å². The van der Waals surface area contributed by atoms with E-state index >= 15 is 0 Å². The molecule has 0 bridgehead atoms. The molecule has 1 aromatic rings. The highest BCUT2D eigenvalue weighted by atomic mass is 79.9. The molecule has 0 aliphatic heterocycles. The molecule has 1 aliphatic carbocycles. The van der Waals surface area contributed by atoms with Gasteiger partial charge in [-0.25, -0.2) is 0 Å². The summed E-state index contributed by atoms with van der Waals surface area (Å²) in [6, 6.07) is 6.87. The first-order valence-corrected chi connectivity index (χ1v) is 8.64. The zero-order valence-corrected chi connectivity index (χ0v) is 14.3. The normalized spacial score (nSPS) is 16.4. The second-order valence-electron chi connectivity index (χ2n) is 6.40. The summed E-state index contributed by atoms with van der Waals surface area (Å²) in [6.07, 6.45) is 6.73. The maximum Gasteiger partial charge on any atom is 0.0371 e. The van der Waals surface area contributed by atoms with E-state index in [4.69, 9.17) is 5.73 Å². The SMILES string of the molecule is CC(C)CCN(Cc1c(N)cccc1Br)C1CCCC1. The Bertz CT molecular complexity index is 405. The van der Waals surface area contributed by atoms with E-state index in [2.05, 4.69) is 40.7 Å². The first-order chi connectivity index (χ1) is 9.58. The zero-order chi connectivity index (χ0) is 14.5. The highest BCUT2D eigenvalue weighted by molar-refractivity contribution is 9.10. The number of nitrogens with two attached hydrogens (primary N) is 1. The van der Waals surface area contributed by atoms with Gasteiger partial charge in [-0.05, 0) is 43.9 Å². The van der Waals surface area contributed by atoms with Crippen LogP contribution in [0, 0.1) is 5.92 Å². The van der Waals surface area contributed by atoms with Crippen molar-refractivity contribution in [2.24, 2.45) is 5.92 Å². The number of benzene rings is 1. The zero-order valence-electron chi connectivity index (χ0n) is 12.7. The van der Waals surface area contributed by atoms with Gasteiger partial charge in [0.05, 0.1) is 0 Å². The summed E-state index contributed by atoms with van der Waals surface area (Å²) in [4.78, 5) is 2.66. The summed E-state index contributed by atoms with van der Waals surface area (Å²) < 4.78 is 1.14. The minimum Gasteiger partial charge on any atom is -0.398 e. The van der Waals surface area contributed by atoms with Gasteiger partial charge in [0.15, 0.2) is 0 Å². The minimum absolute atomic E-state index is 0.750. The largest absolute Gasteiger partial charge is 0.398 e. The summed E-state index contributed by atoms with van der Waals surface area (Å²) >= 11 is 3.66. The Morgan fingerprint density at radius 2 is 2.00 bits per heavy atom. The van der Waals surface area contributed by atoms with E-state index in [1.807, 2.05) is 12.1 Å². The van der Waals surface area contributed by atoms with Crippen molar-refractivity contribution in [2.45, 2.75) is 58.5 Å². The van der Waals surface area contributed by atoms with Crippen LogP contribution in [-0.2, 0) is 6.54 Å². The van der Waals surface area contributed by atoms with Crippen LogP contribution in [0.4, 0.5) is 5.69 Å². The average molecular weight is 339 g/mol. The van der Waals surface area contributed by atoms with Gasteiger partial charge in [0, 0.05) is 28.3 Å². The molecule has 0 radical (unpaired) electrons. The Hall–Kier alpha value is -0.540. The van der Waals surface area contributed by atoms with Crippen LogP contribution >= 0.6 is 15.9 Å². The summed E-state index contributed by atoms with van der Waals surface area (Å²) in [7, 11) is 0. The number of rotatable bonds is 6. The Morgan fingerprint density at radius 1 is 1.30 bits per heavy atom. The molecule has 0 amide bonds. The highest BCUT2D eigenvalue weighted by Crippen LogP contribution is 2.29. The lowest BCUT2D eigenvalue weighted by Crippen LogP contribution is -2.34. The fourth-order valence-electron chi connectivity index (χ4n) is 3.03. The lowest BCUT2D eigenvalue weighted by molar-refractivity contribution is 0.179. The lowest BCUT2D eigenvalue weighted by atomic mass is 10.1. The van der Waals surface area contributed by atoms with Crippen LogP contribution in [0.1, 0.15) is 51.5 Å². The summed E-state index contributed by atoms with van der Waals surface area (Å²) in [5, 5.41) is 0. The van der Waals surface area contributed by atoms with Crippen LogP contribution < -0.4 is 5.73 Å². The van der Waals surface area contributed by atoms with Gasteiger partial charge in [0.2, 0.25) is 0 Å². The molecule has 1 saturated carbocycles. The number of nitrogens with zero attached hydrogens (tertiary/aromatic N) is 1. The summed E-state index contributed by atoms with van der Waals surface area (Å²) in [5.74, 6) is 0.760. The maximum atomic E-state index is 6.17. The molecule has 1 aromatic carbocycles. The van der Waals surface area contributed by atoms with Crippen LogP contribution in [0.25, 0.3) is 0 Å². The molecule has 0 atom stereocenters. The molecule has 3 heteroatoms. The molecular weight excluding hydrogens is 312 g/mol. The maximum absolute atomic E-state index is 6.17. The number of hydrogen-bond acceptors (Lipinski definition) is 2. The molecule has 2 N–H and O–H groups in total. The van der Waals surface area contributed by atoms with Gasteiger partial charge in [0.1, 0.15) is 0 Å². The molecular formula is C17H27BrN2. The standard InChI is InChI=1S/C17H27BrN2/c1-13(2)10-11-20(14-6-3-4-7-14)12-15-16(18)8-5-9-17(15)19/h5,8-9,13-14H,3-4,6-7,10-12,19H2,1-2H3. The predicted molar refractivity (Wildman–Crippen MR) is 90.7 cm³/mol. The van der Waals surface area contributed by atoms with Crippen LogP contribution in [0.5, 0.6) is 0 Å². The first kappa shape index (κ1) is 15.8. The third kappa shape index (κ3) is 4.23. The van der Waals surface area contributed by atoms with E-state index in [9.17, 15) is 0 Å². The van der Waals surface area contributed by atoms with Crippen molar-refractivity contribution in [3.05, 3.63) is 28.2 Å². The smallest absolute Gasteiger partial charge is 0.0371 e. The molecule has 0 saturated heterocycles. The number of hydrogen-bond donors (Lipinski definition) is 1. The molecule has 0 heterocycles. The first-order valence-electron chi connectivity index (χ1n) is 7.85. The lowest BCUT2D eigenvalue weighted by Gasteiger charge is -2.30. The van der Waals surface area contributed by atoms with Crippen molar-refractivity contribution < 1.29 is 0 Å². The van der Waals surface area contributed by atoms with Crippen molar-refractivity contribution in [3.8, 4) is 0 Å².